The summed E-state index contributed by atoms with van der Waals surface area (Å²) in [7, 11) is 0. The van der Waals surface area contributed by atoms with Gasteiger partial charge >= 0.3 is 5.97 Å². The van der Waals surface area contributed by atoms with Crippen LogP contribution in [0.2, 0.25) is 0 Å². The molecule has 146 valence electrons. The third kappa shape index (κ3) is 6.72. The highest BCUT2D eigenvalue weighted by Gasteiger charge is 2.19. The molecule has 0 aromatic heterocycles. The highest BCUT2D eigenvalue weighted by atomic mass is 16.5. The molecule has 0 saturated heterocycles. The lowest BCUT2D eigenvalue weighted by atomic mass is 10.1. The van der Waals surface area contributed by atoms with Gasteiger partial charge in [-0.15, -0.1) is 0 Å². The summed E-state index contributed by atoms with van der Waals surface area (Å²) in [6.45, 7) is 9.18. The number of likely N-dealkylation sites (N-methyl/N-ethyl adjacent to an activating group) is 1. The Kier molecular flexibility index (Phi) is 8.85. The van der Waals surface area contributed by atoms with Crippen molar-refractivity contribution in [1.82, 2.24) is 4.90 Å². The maximum absolute atomic E-state index is 12.5. The van der Waals surface area contributed by atoms with Gasteiger partial charge in [0, 0.05) is 6.04 Å². The largest absolute Gasteiger partial charge is 0.494 e. The van der Waals surface area contributed by atoms with Crippen molar-refractivity contribution >= 4 is 5.97 Å². The van der Waals surface area contributed by atoms with Gasteiger partial charge in [-0.05, 0) is 49.7 Å². The fraction of sp³-hybridized carbons (Fsp3) is 0.435. The standard InChI is InChI=1S/C23H31NO3/c1-4-15-26-22-14-10-13-20(17-22)23(25)27-18-21(24(5-2)6-3)16-19-11-8-7-9-12-19/h7-14,17,21H,4-6,15-16,18H2,1-3H3/t21-/m0/s1. The van der Waals surface area contributed by atoms with E-state index in [2.05, 4.69) is 37.8 Å². The van der Waals surface area contributed by atoms with Crippen molar-refractivity contribution < 1.29 is 14.3 Å². The van der Waals surface area contributed by atoms with Crippen LogP contribution in [-0.2, 0) is 11.2 Å². The molecule has 0 heterocycles. The molecule has 0 amide bonds. The van der Waals surface area contributed by atoms with E-state index in [-0.39, 0.29) is 12.0 Å². The predicted molar refractivity (Wildman–Crippen MR) is 109 cm³/mol. The Balaban J connectivity index is 2.01. The van der Waals surface area contributed by atoms with Gasteiger partial charge in [-0.2, -0.15) is 0 Å². The molecule has 0 aliphatic carbocycles. The molecule has 0 aliphatic heterocycles. The van der Waals surface area contributed by atoms with Gasteiger partial charge in [0.25, 0.3) is 0 Å². The molecule has 0 saturated carbocycles. The first-order valence-electron chi connectivity index (χ1n) is 9.85. The zero-order valence-electron chi connectivity index (χ0n) is 16.7. The summed E-state index contributed by atoms with van der Waals surface area (Å²) in [4.78, 5) is 14.9. The number of rotatable bonds is 11. The number of hydrogen-bond donors (Lipinski definition) is 0. The van der Waals surface area contributed by atoms with Crippen molar-refractivity contribution in [1.29, 1.82) is 0 Å². The molecular weight excluding hydrogens is 338 g/mol. The third-order valence-electron chi connectivity index (χ3n) is 4.59. The topological polar surface area (TPSA) is 38.8 Å². The molecule has 2 rings (SSSR count). The van der Waals surface area contributed by atoms with E-state index in [0.717, 1.165) is 25.9 Å². The average molecular weight is 370 g/mol. The van der Waals surface area contributed by atoms with Crippen LogP contribution in [-0.4, -0.2) is 43.2 Å². The average Bonchev–Trinajstić information content (AvgIpc) is 2.72. The Labute approximate surface area is 163 Å². The second kappa shape index (κ2) is 11.4. The minimum Gasteiger partial charge on any atom is -0.494 e. The maximum Gasteiger partial charge on any atom is 0.338 e. The molecule has 0 radical (unpaired) electrons. The molecule has 0 N–H and O–H groups in total. The van der Waals surface area contributed by atoms with Gasteiger partial charge in [-0.3, -0.25) is 4.90 Å². The number of nitrogens with zero attached hydrogens (tertiary/aromatic N) is 1. The van der Waals surface area contributed by atoms with Crippen molar-refractivity contribution in [3.05, 3.63) is 65.7 Å². The van der Waals surface area contributed by atoms with E-state index in [9.17, 15) is 4.79 Å². The summed E-state index contributed by atoms with van der Waals surface area (Å²) in [6.07, 6.45) is 1.79. The molecule has 4 nitrogen and oxygen atoms in total. The zero-order valence-corrected chi connectivity index (χ0v) is 16.7. The smallest absolute Gasteiger partial charge is 0.338 e. The van der Waals surface area contributed by atoms with Crippen molar-refractivity contribution in [3.8, 4) is 5.75 Å². The lowest BCUT2D eigenvalue weighted by Gasteiger charge is -2.29. The van der Waals surface area contributed by atoms with Crippen molar-refractivity contribution in [2.24, 2.45) is 0 Å². The Morgan fingerprint density at radius 2 is 1.74 bits per heavy atom. The number of benzene rings is 2. The summed E-state index contributed by atoms with van der Waals surface area (Å²) in [5.74, 6) is 0.401. The Morgan fingerprint density at radius 3 is 2.41 bits per heavy atom. The Morgan fingerprint density at radius 1 is 1.00 bits per heavy atom. The lowest BCUT2D eigenvalue weighted by Crippen LogP contribution is -2.40. The number of esters is 1. The number of hydrogen-bond acceptors (Lipinski definition) is 4. The van der Waals surface area contributed by atoms with Gasteiger partial charge in [-0.25, -0.2) is 4.79 Å². The molecule has 0 unspecified atom stereocenters. The molecule has 4 heteroatoms. The summed E-state index contributed by atoms with van der Waals surface area (Å²) in [6, 6.07) is 17.7. The first-order valence-corrected chi connectivity index (χ1v) is 9.85. The number of ether oxygens (including phenoxy) is 2. The first kappa shape index (κ1) is 21.0. The quantitative estimate of drug-likeness (QED) is 0.543. The van der Waals surface area contributed by atoms with Gasteiger partial charge in [0.05, 0.1) is 12.2 Å². The molecule has 0 bridgehead atoms. The van der Waals surface area contributed by atoms with Crippen LogP contribution in [0.1, 0.15) is 43.1 Å². The molecule has 2 aromatic carbocycles. The number of carbonyl (C=O) groups is 1. The van der Waals surface area contributed by atoms with Gasteiger partial charge in [0.2, 0.25) is 0 Å². The Bertz CT molecular complexity index is 683. The minimum absolute atomic E-state index is 0.158. The normalized spacial score (nSPS) is 12.0. The summed E-state index contributed by atoms with van der Waals surface area (Å²) in [5, 5.41) is 0. The SMILES string of the molecule is CCCOc1cccc(C(=O)OC[C@H](Cc2ccccc2)N(CC)CC)c1. The number of carbonyl (C=O) groups excluding carboxylic acids is 1. The lowest BCUT2D eigenvalue weighted by molar-refractivity contribution is 0.0359. The summed E-state index contributed by atoms with van der Waals surface area (Å²) >= 11 is 0. The van der Waals surface area contributed by atoms with Gasteiger partial charge in [-0.1, -0.05) is 57.2 Å². The molecular formula is C23H31NO3. The molecule has 0 aliphatic rings. The van der Waals surface area contributed by atoms with E-state index in [4.69, 9.17) is 9.47 Å². The minimum atomic E-state index is -0.304. The van der Waals surface area contributed by atoms with E-state index in [1.165, 1.54) is 5.56 Å². The van der Waals surface area contributed by atoms with Crippen LogP contribution in [0.15, 0.2) is 54.6 Å². The highest BCUT2D eigenvalue weighted by Crippen LogP contribution is 2.16. The second-order valence-electron chi connectivity index (χ2n) is 6.54. The van der Waals surface area contributed by atoms with Gasteiger partial charge in [0.15, 0.2) is 0 Å². The molecule has 1 atom stereocenters. The van der Waals surface area contributed by atoms with Crippen LogP contribution in [0.4, 0.5) is 0 Å². The van der Waals surface area contributed by atoms with E-state index >= 15 is 0 Å². The summed E-state index contributed by atoms with van der Waals surface area (Å²) < 4.78 is 11.3. The van der Waals surface area contributed by atoms with Crippen molar-refractivity contribution in [3.63, 3.8) is 0 Å². The fourth-order valence-corrected chi connectivity index (χ4v) is 3.11. The molecule has 0 fully saturated rings. The zero-order chi connectivity index (χ0) is 19.5. The van der Waals surface area contributed by atoms with Crippen LogP contribution in [0.25, 0.3) is 0 Å². The molecule has 0 spiro atoms. The van der Waals surface area contributed by atoms with E-state index in [0.29, 0.717) is 24.5 Å². The van der Waals surface area contributed by atoms with Crippen molar-refractivity contribution in [2.45, 2.75) is 39.7 Å². The predicted octanol–water partition coefficient (Wildman–Crippen LogP) is 4.59. The highest BCUT2D eigenvalue weighted by molar-refractivity contribution is 5.89. The Hall–Kier alpha value is -2.33. The van der Waals surface area contributed by atoms with Crippen LogP contribution >= 0.6 is 0 Å². The van der Waals surface area contributed by atoms with E-state index in [1.54, 1.807) is 12.1 Å². The van der Waals surface area contributed by atoms with E-state index < -0.39 is 0 Å². The summed E-state index contributed by atoms with van der Waals surface area (Å²) in [5.41, 5.74) is 1.78. The molecule has 2 aromatic rings. The van der Waals surface area contributed by atoms with Crippen LogP contribution in [0, 0.1) is 0 Å². The fourth-order valence-electron chi connectivity index (χ4n) is 3.11. The molecule has 27 heavy (non-hydrogen) atoms. The van der Waals surface area contributed by atoms with Crippen LogP contribution in [0.5, 0.6) is 5.75 Å². The van der Waals surface area contributed by atoms with Crippen LogP contribution < -0.4 is 4.74 Å². The monoisotopic (exact) mass is 369 g/mol. The van der Waals surface area contributed by atoms with Gasteiger partial charge < -0.3 is 9.47 Å². The maximum atomic E-state index is 12.5. The third-order valence-corrected chi connectivity index (χ3v) is 4.59. The van der Waals surface area contributed by atoms with E-state index in [1.807, 2.05) is 30.3 Å². The second-order valence-corrected chi connectivity index (χ2v) is 6.54. The van der Waals surface area contributed by atoms with Crippen molar-refractivity contribution in [2.75, 3.05) is 26.3 Å². The van der Waals surface area contributed by atoms with Gasteiger partial charge in [0.1, 0.15) is 12.4 Å². The first-order chi connectivity index (χ1) is 13.2. The van der Waals surface area contributed by atoms with Crippen LogP contribution in [0.3, 0.4) is 0 Å².